The third kappa shape index (κ3) is 4.86. The Balaban J connectivity index is 2.39. The van der Waals surface area contributed by atoms with Crippen LogP contribution in [0.2, 0.25) is 0 Å². The van der Waals surface area contributed by atoms with Gasteiger partial charge in [-0.2, -0.15) is 0 Å². The average molecular weight is 251 g/mol. The van der Waals surface area contributed by atoms with Crippen LogP contribution in [0.15, 0.2) is 24.3 Å². The fourth-order valence-electron chi connectivity index (χ4n) is 1.40. The minimum absolute atomic E-state index is 0.130. The first-order chi connectivity index (χ1) is 8.49. The van der Waals surface area contributed by atoms with E-state index in [9.17, 15) is 9.59 Å². The van der Waals surface area contributed by atoms with E-state index in [-0.39, 0.29) is 6.10 Å². The highest BCUT2D eigenvalue weighted by Gasteiger charge is 2.09. The van der Waals surface area contributed by atoms with Crippen LogP contribution in [0, 0.1) is 0 Å². The monoisotopic (exact) mass is 251 g/mol. The molecule has 0 radical (unpaired) electrons. The van der Waals surface area contributed by atoms with E-state index in [0.717, 1.165) is 11.3 Å². The zero-order chi connectivity index (χ0) is 13.5. The lowest BCUT2D eigenvalue weighted by molar-refractivity contribution is -0.150. The molecule has 0 atom stereocenters. The van der Waals surface area contributed by atoms with Gasteiger partial charge in [-0.1, -0.05) is 12.1 Å². The first kappa shape index (κ1) is 14.0. The third-order valence-electron chi connectivity index (χ3n) is 2.19. The Bertz CT molecular complexity index is 412. The van der Waals surface area contributed by atoms with Crippen LogP contribution in [0.1, 0.15) is 19.4 Å². The number of rotatable bonds is 5. The molecule has 18 heavy (non-hydrogen) atoms. The Morgan fingerprint density at radius 2 is 1.89 bits per heavy atom. The summed E-state index contributed by atoms with van der Waals surface area (Å²) < 4.78 is 5.50. The second kappa shape index (κ2) is 6.64. The molecule has 0 saturated heterocycles. The largest absolute Gasteiger partial charge is 0.491 e. The van der Waals surface area contributed by atoms with Crippen LogP contribution in [0.25, 0.3) is 0 Å². The number of hydrogen-bond acceptors (Lipinski definition) is 3. The van der Waals surface area contributed by atoms with Crippen molar-refractivity contribution in [2.75, 3.05) is 6.54 Å². The summed E-state index contributed by atoms with van der Waals surface area (Å²) in [5.41, 5.74) is 1.01. The van der Waals surface area contributed by atoms with E-state index in [1.54, 1.807) is 0 Å². The molecule has 0 unspecified atom stereocenters. The van der Waals surface area contributed by atoms with E-state index in [1.807, 2.05) is 38.1 Å². The number of hydrogen-bond donors (Lipinski definition) is 2. The van der Waals surface area contributed by atoms with Crippen molar-refractivity contribution in [2.24, 2.45) is 0 Å². The summed E-state index contributed by atoms with van der Waals surface area (Å²) in [7, 11) is 0. The van der Waals surface area contributed by atoms with Gasteiger partial charge in [0.1, 0.15) is 5.75 Å². The summed E-state index contributed by atoms with van der Waals surface area (Å²) in [6.07, 6.45) is 0.715. The fourth-order valence-corrected chi connectivity index (χ4v) is 1.40. The molecule has 0 bridgehead atoms. The Hall–Kier alpha value is -2.04. The molecule has 0 aliphatic heterocycles. The van der Waals surface area contributed by atoms with Gasteiger partial charge in [-0.05, 0) is 38.0 Å². The van der Waals surface area contributed by atoms with E-state index in [1.165, 1.54) is 0 Å². The molecule has 2 N–H and O–H groups in total. The molecule has 0 aliphatic carbocycles. The fraction of sp³-hybridized carbons (Fsp3) is 0.385. The Morgan fingerprint density at radius 1 is 1.28 bits per heavy atom. The number of carboxylic acid groups (broad SMARTS) is 1. The summed E-state index contributed by atoms with van der Waals surface area (Å²) >= 11 is 0. The minimum Gasteiger partial charge on any atom is -0.491 e. The first-order valence-electron chi connectivity index (χ1n) is 5.75. The van der Waals surface area contributed by atoms with Gasteiger partial charge in [-0.3, -0.25) is 4.79 Å². The predicted octanol–water partition coefficient (Wildman–Crippen LogP) is 1.22. The number of aliphatic carboxylic acids is 1. The quantitative estimate of drug-likeness (QED) is 0.771. The zero-order valence-corrected chi connectivity index (χ0v) is 10.5. The molecule has 5 nitrogen and oxygen atoms in total. The SMILES string of the molecule is CC(C)Oc1ccc(CCNC(=O)C(=O)O)cc1. The molecule has 5 heteroatoms. The summed E-state index contributed by atoms with van der Waals surface area (Å²) in [5.74, 6) is -1.64. The van der Waals surface area contributed by atoms with Crippen molar-refractivity contribution in [3.8, 4) is 5.75 Å². The smallest absolute Gasteiger partial charge is 0.394 e. The molecule has 0 heterocycles. The third-order valence-corrected chi connectivity index (χ3v) is 2.19. The molecule has 1 aromatic rings. The number of carbonyl (C=O) groups is 2. The van der Waals surface area contributed by atoms with E-state index in [4.69, 9.17) is 9.84 Å². The highest BCUT2D eigenvalue weighted by atomic mass is 16.5. The van der Waals surface area contributed by atoms with Crippen molar-refractivity contribution in [3.63, 3.8) is 0 Å². The predicted molar refractivity (Wildman–Crippen MR) is 66.6 cm³/mol. The van der Waals surface area contributed by atoms with Crippen LogP contribution in [0.4, 0.5) is 0 Å². The molecule has 0 saturated carbocycles. The molecule has 1 aromatic carbocycles. The van der Waals surface area contributed by atoms with Crippen molar-refractivity contribution < 1.29 is 19.4 Å². The number of nitrogens with one attached hydrogen (secondary N) is 1. The van der Waals surface area contributed by atoms with Crippen molar-refractivity contribution in [1.82, 2.24) is 5.32 Å². The van der Waals surface area contributed by atoms with Crippen molar-refractivity contribution in [3.05, 3.63) is 29.8 Å². The van der Waals surface area contributed by atoms with Gasteiger partial charge in [-0.25, -0.2) is 4.79 Å². The molecule has 1 amide bonds. The number of benzene rings is 1. The van der Waals surface area contributed by atoms with Crippen LogP contribution < -0.4 is 10.1 Å². The Kier molecular flexibility index (Phi) is 5.17. The molecule has 98 valence electrons. The zero-order valence-electron chi connectivity index (χ0n) is 10.5. The van der Waals surface area contributed by atoms with Crippen LogP contribution in [-0.4, -0.2) is 29.6 Å². The van der Waals surface area contributed by atoms with E-state index >= 15 is 0 Å². The standard InChI is InChI=1S/C13H17NO4/c1-9(2)18-11-5-3-10(4-6-11)7-8-14-12(15)13(16)17/h3-6,9H,7-8H2,1-2H3,(H,14,15)(H,16,17). The maximum atomic E-state index is 10.8. The lowest BCUT2D eigenvalue weighted by Gasteiger charge is -2.10. The Morgan fingerprint density at radius 3 is 2.39 bits per heavy atom. The van der Waals surface area contributed by atoms with E-state index < -0.39 is 11.9 Å². The normalized spacial score (nSPS) is 10.2. The molecule has 0 spiro atoms. The van der Waals surface area contributed by atoms with Crippen LogP contribution in [-0.2, 0) is 16.0 Å². The van der Waals surface area contributed by atoms with Crippen LogP contribution >= 0.6 is 0 Å². The second-order valence-electron chi connectivity index (χ2n) is 4.12. The van der Waals surface area contributed by atoms with Gasteiger partial charge in [-0.15, -0.1) is 0 Å². The molecular weight excluding hydrogens is 234 g/mol. The number of ether oxygens (including phenoxy) is 1. The van der Waals surface area contributed by atoms with Gasteiger partial charge in [0.15, 0.2) is 0 Å². The topological polar surface area (TPSA) is 75.6 Å². The number of carbonyl (C=O) groups excluding carboxylic acids is 1. The molecule has 0 fully saturated rings. The van der Waals surface area contributed by atoms with Crippen molar-refractivity contribution in [2.45, 2.75) is 26.4 Å². The van der Waals surface area contributed by atoms with Crippen molar-refractivity contribution in [1.29, 1.82) is 0 Å². The van der Waals surface area contributed by atoms with Crippen molar-refractivity contribution >= 4 is 11.9 Å². The molecule has 0 aliphatic rings. The van der Waals surface area contributed by atoms with Crippen LogP contribution in [0.5, 0.6) is 5.75 Å². The van der Waals surface area contributed by atoms with Gasteiger partial charge in [0.25, 0.3) is 0 Å². The van der Waals surface area contributed by atoms with E-state index in [2.05, 4.69) is 5.32 Å². The number of amides is 1. The minimum atomic E-state index is -1.46. The first-order valence-corrected chi connectivity index (χ1v) is 5.75. The van der Waals surface area contributed by atoms with Gasteiger partial charge < -0.3 is 15.2 Å². The maximum Gasteiger partial charge on any atom is 0.394 e. The lowest BCUT2D eigenvalue weighted by atomic mass is 10.1. The summed E-state index contributed by atoms with van der Waals surface area (Å²) in [6.45, 7) is 4.21. The summed E-state index contributed by atoms with van der Waals surface area (Å²) in [5, 5.41) is 10.7. The summed E-state index contributed by atoms with van der Waals surface area (Å²) in [4.78, 5) is 21.0. The maximum absolute atomic E-state index is 10.8. The molecule has 0 aromatic heterocycles. The average Bonchev–Trinajstić information content (AvgIpc) is 2.30. The Labute approximate surface area is 106 Å². The van der Waals surface area contributed by atoms with E-state index in [0.29, 0.717) is 13.0 Å². The summed E-state index contributed by atoms with van der Waals surface area (Å²) in [6, 6.07) is 7.50. The molecular formula is C13H17NO4. The van der Waals surface area contributed by atoms with Crippen LogP contribution in [0.3, 0.4) is 0 Å². The highest BCUT2D eigenvalue weighted by molar-refractivity contribution is 6.31. The lowest BCUT2D eigenvalue weighted by Crippen LogP contribution is -2.32. The second-order valence-corrected chi connectivity index (χ2v) is 4.12. The van der Waals surface area contributed by atoms with Gasteiger partial charge in [0.05, 0.1) is 6.10 Å². The highest BCUT2D eigenvalue weighted by Crippen LogP contribution is 2.13. The van der Waals surface area contributed by atoms with Gasteiger partial charge in [0.2, 0.25) is 0 Å². The van der Waals surface area contributed by atoms with Gasteiger partial charge >= 0.3 is 11.9 Å². The molecule has 1 rings (SSSR count). The number of carboxylic acids is 1. The van der Waals surface area contributed by atoms with Gasteiger partial charge in [0, 0.05) is 6.54 Å².